The monoisotopic (exact) mass is 296 g/mol. The first kappa shape index (κ1) is 16.9. The molecule has 0 saturated heterocycles. The van der Waals surface area contributed by atoms with E-state index in [1.165, 1.54) is 12.1 Å². The summed E-state index contributed by atoms with van der Waals surface area (Å²) in [6, 6.07) is 6.04. The van der Waals surface area contributed by atoms with Crippen LogP contribution in [0.15, 0.2) is 24.3 Å². The molecule has 7 heteroatoms. The van der Waals surface area contributed by atoms with E-state index >= 15 is 0 Å². The summed E-state index contributed by atoms with van der Waals surface area (Å²) < 4.78 is 9.82. The van der Waals surface area contributed by atoms with Gasteiger partial charge in [-0.1, -0.05) is 6.07 Å². The summed E-state index contributed by atoms with van der Waals surface area (Å²) in [7, 11) is 1.55. The molecule has 0 saturated carbocycles. The van der Waals surface area contributed by atoms with Gasteiger partial charge in [0.05, 0.1) is 13.2 Å². The van der Waals surface area contributed by atoms with E-state index in [0.29, 0.717) is 25.3 Å². The van der Waals surface area contributed by atoms with Crippen LogP contribution in [0, 0.1) is 0 Å². The maximum Gasteiger partial charge on any atom is 0.251 e. The number of phenols is 1. The molecule has 116 valence electrons. The van der Waals surface area contributed by atoms with Gasteiger partial charge in [-0.25, -0.2) is 0 Å². The normalized spacial score (nSPS) is 10.1. The Morgan fingerprint density at radius 2 is 1.95 bits per heavy atom. The van der Waals surface area contributed by atoms with Crippen LogP contribution in [-0.4, -0.2) is 56.9 Å². The minimum Gasteiger partial charge on any atom is -0.508 e. The van der Waals surface area contributed by atoms with Crippen molar-refractivity contribution in [3.63, 3.8) is 0 Å². The number of amides is 2. The first-order chi connectivity index (χ1) is 10.1. The predicted octanol–water partition coefficient (Wildman–Crippen LogP) is -0.0988. The SMILES string of the molecule is COCCOCC(=O)NCCNC(=O)c1cccc(O)c1. The summed E-state index contributed by atoms with van der Waals surface area (Å²) in [5, 5.41) is 14.5. The van der Waals surface area contributed by atoms with Gasteiger partial charge in [0.15, 0.2) is 0 Å². The maximum atomic E-state index is 11.7. The minimum absolute atomic E-state index is 0.0316. The number of phenolic OH excluding ortho intramolecular Hbond substituents is 1. The van der Waals surface area contributed by atoms with Crippen molar-refractivity contribution in [1.29, 1.82) is 0 Å². The second-order valence-corrected chi connectivity index (χ2v) is 4.20. The van der Waals surface area contributed by atoms with Crippen molar-refractivity contribution in [1.82, 2.24) is 10.6 Å². The molecular weight excluding hydrogens is 276 g/mol. The summed E-state index contributed by atoms with van der Waals surface area (Å²) in [4.78, 5) is 23.1. The van der Waals surface area contributed by atoms with Gasteiger partial charge in [0.1, 0.15) is 12.4 Å². The molecule has 0 spiro atoms. The number of rotatable bonds is 9. The lowest BCUT2D eigenvalue weighted by atomic mass is 10.2. The molecule has 1 aromatic carbocycles. The van der Waals surface area contributed by atoms with E-state index in [2.05, 4.69) is 10.6 Å². The molecule has 7 nitrogen and oxygen atoms in total. The molecule has 0 aliphatic heterocycles. The van der Waals surface area contributed by atoms with Crippen LogP contribution < -0.4 is 10.6 Å². The van der Waals surface area contributed by atoms with E-state index in [1.807, 2.05) is 0 Å². The van der Waals surface area contributed by atoms with Crippen molar-refractivity contribution in [2.45, 2.75) is 0 Å². The van der Waals surface area contributed by atoms with E-state index in [0.717, 1.165) is 0 Å². The first-order valence-corrected chi connectivity index (χ1v) is 6.54. The Morgan fingerprint density at radius 1 is 1.19 bits per heavy atom. The fraction of sp³-hybridized carbons (Fsp3) is 0.429. The second-order valence-electron chi connectivity index (χ2n) is 4.20. The smallest absolute Gasteiger partial charge is 0.251 e. The van der Waals surface area contributed by atoms with Gasteiger partial charge >= 0.3 is 0 Å². The van der Waals surface area contributed by atoms with Crippen molar-refractivity contribution in [2.24, 2.45) is 0 Å². The largest absolute Gasteiger partial charge is 0.508 e. The number of carbonyl (C=O) groups excluding carboxylic acids is 2. The van der Waals surface area contributed by atoms with Crippen LogP contribution in [0.5, 0.6) is 5.75 Å². The molecule has 0 atom stereocenters. The molecule has 0 radical (unpaired) electrons. The molecule has 2 amide bonds. The molecule has 0 aliphatic rings. The van der Waals surface area contributed by atoms with Crippen molar-refractivity contribution in [3.05, 3.63) is 29.8 Å². The number of aromatic hydroxyl groups is 1. The quantitative estimate of drug-likeness (QED) is 0.553. The molecule has 3 N–H and O–H groups in total. The minimum atomic E-state index is -0.309. The van der Waals surface area contributed by atoms with Gasteiger partial charge < -0.3 is 25.2 Å². The van der Waals surface area contributed by atoms with Crippen LogP contribution >= 0.6 is 0 Å². The van der Waals surface area contributed by atoms with Gasteiger partial charge in [-0.2, -0.15) is 0 Å². The van der Waals surface area contributed by atoms with Crippen LogP contribution in [0.25, 0.3) is 0 Å². The Morgan fingerprint density at radius 3 is 2.67 bits per heavy atom. The first-order valence-electron chi connectivity index (χ1n) is 6.54. The van der Waals surface area contributed by atoms with Crippen LogP contribution in [-0.2, 0) is 14.3 Å². The Labute approximate surface area is 123 Å². The van der Waals surface area contributed by atoms with Gasteiger partial charge in [0.25, 0.3) is 5.91 Å². The Bertz CT molecular complexity index is 464. The molecule has 0 aromatic heterocycles. The fourth-order valence-electron chi connectivity index (χ4n) is 1.49. The van der Waals surface area contributed by atoms with Crippen molar-refractivity contribution in [3.8, 4) is 5.75 Å². The van der Waals surface area contributed by atoms with Gasteiger partial charge in [0, 0.05) is 25.8 Å². The summed E-state index contributed by atoms with van der Waals surface area (Å²) in [5.74, 6) is -0.529. The number of hydrogen-bond acceptors (Lipinski definition) is 5. The second kappa shape index (κ2) is 9.73. The summed E-state index contributed by atoms with van der Waals surface area (Å²) in [5.41, 5.74) is 0.365. The standard InChI is InChI=1S/C14H20N2O5/c1-20-7-8-21-10-13(18)15-5-6-16-14(19)11-3-2-4-12(17)9-11/h2-4,9,17H,5-8,10H2,1H3,(H,15,18)(H,16,19). The van der Waals surface area contributed by atoms with Gasteiger partial charge in [-0.3, -0.25) is 9.59 Å². The number of nitrogens with one attached hydrogen (secondary N) is 2. The average molecular weight is 296 g/mol. The Kier molecular flexibility index (Phi) is 7.85. The van der Waals surface area contributed by atoms with Crippen molar-refractivity contribution in [2.75, 3.05) is 40.0 Å². The highest BCUT2D eigenvalue weighted by atomic mass is 16.5. The summed E-state index contributed by atoms with van der Waals surface area (Å²) >= 11 is 0. The Hall–Kier alpha value is -2.12. The molecule has 0 unspecified atom stereocenters. The fourth-order valence-corrected chi connectivity index (χ4v) is 1.49. The third-order valence-electron chi connectivity index (χ3n) is 2.51. The third kappa shape index (κ3) is 7.28. The van der Waals surface area contributed by atoms with Crippen LogP contribution in [0.4, 0.5) is 0 Å². The van der Waals surface area contributed by atoms with E-state index in [9.17, 15) is 14.7 Å². The topological polar surface area (TPSA) is 96.9 Å². The lowest BCUT2D eigenvalue weighted by molar-refractivity contribution is -0.126. The van der Waals surface area contributed by atoms with Crippen molar-refractivity contribution < 1.29 is 24.2 Å². The van der Waals surface area contributed by atoms with E-state index in [-0.39, 0.29) is 30.7 Å². The van der Waals surface area contributed by atoms with Crippen molar-refractivity contribution >= 4 is 11.8 Å². The summed E-state index contributed by atoms with van der Waals surface area (Å²) in [6.45, 7) is 1.35. The molecule has 0 aliphatic carbocycles. The number of ether oxygens (including phenoxy) is 2. The number of carbonyl (C=O) groups is 2. The zero-order valence-corrected chi connectivity index (χ0v) is 11.9. The summed E-state index contributed by atoms with van der Waals surface area (Å²) in [6.07, 6.45) is 0. The number of methoxy groups -OCH3 is 1. The Balaban J connectivity index is 2.13. The lowest BCUT2D eigenvalue weighted by Crippen LogP contribution is -2.36. The molecule has 0 heterocycles. The van der Waals surface area contributed by atoms with Gasteiger partial charge in [-0.05, 0) is 18.2 Å². The van der Waals surface area contributed by atoms with Crippen LogP contribution in [0.1, 0.15) is 10.4 Å². The number of hydrogen-bond donors (Lipinski definition) is 3. The maximum absolute atomic E-state index is 11.7. The van der Waals surface area contributed by atoms with Crippen LogP contribution in [0.2, 0.25) is 0 Å². The predicted molar refractivity (Wildman–Crippen MR) is 76.1 cm³/mol. The molecule has 1 aromatic rings. The molecule has 0 bridgehead atoms. The highest BCUT2D eigenvalue weighted by Crippen LogP contribution is 2.10. The van der Waals surface area contributed by atoms with E-state index in [1.54, 1.807) is 19.2 Å². The molecule has 0 fully saturated rings. The molecule has 1 rings (SSSR count). The van der Waals surface area contributed by atoms with E-state index < -0.39 is 0 Å². The molecule has 21 heavy (non-hydrogen) atoms. The van der Waals surface area contributed by atoms with Crippen LogP contribution in [0.3, 0.4) is 0 Å². The number of benzene rings is 1. The van der Waals surface area contributed by atoms with Gasteiger partial charge in [-0.15, -0.1) is 0 Å². The third-order valence-corrected chi connectivity index (χ3v) is 2.51. The molecular formula is C14H20N2O5. The zero-order valence-electron chi connectivity index (χ0n) is 11.9. The zero-order chi connectivity index (χ0) is 15.5. The highest BCUT2D eigenvalue weighted by Gasteiger charge is 2.05. The highest BCUT2D eigenvalue weighted by molar-refractivity contribution is 5.94. The lowest BCUT2D eigenvalue weighted by Gasteiger charge is -2.08. The van der Waals surface area contributed by atoms with Gasteiger partial charge in [0.2, 0.25) is 5.91 Å². The average Bonchev–Trinajstić information content (AvgIpc) is 2.48. The van der Waals surface area contributed by atoms with E-state index in [4.69, 9.17) is 9.47 Å².